The lowest BCUT2D eigenvalue weighted by molar-refractivity contribution is -0.141. The van der Waals surface area contributed by atoms with Crippen LogP contribution in [-0.2, 0) is 14.4 Å². The number of nitrogens with one attached hydrogen (secondary N) is 3. The largest absolute Gasteiger partial charge is 0.392 e. The number of para-hydroxylation sites is 1. The molecule has 0 saturated carbocycles. The van der Waals surface area contributed by atoms with Crippen molar-refractivity contribution in [2.45, 2.75) is 71.3 Å². The van der Waals surface area contributed by atoms with Crippen molar-refractivity contribution in [3.8, 4) is 0 Å². The van der Waals surface area contributed by atoms with Crippen LogP contribution in [-0.4, -0.2) is 94.6 Å². The maximum Gasteiger partial charge on any atom is 0.246 e. The van der Waals surface area contributed by atoms with Gasteiger partial charge in [-0.25, -0.2) is 4.98 Å². The van der Waals surface area contributed by atoms with Gasteiger partial charge in [0.25, 0.3) is 0 Å². The maximum atomic E-state index is 14.1. The maximum absolute atomic E-state index is 14.1. The Morgan fingerprint density at radius 1 is 1.13 bits per heavy atom. The molecule has 2 fully saturated rings. The number of hydrogen-bond acceptors (Lipinski definition) is 7. The van der Waals surface area contributed by atoms with Gasteiger partial charge in [-0.2, -0.15) is 0 Å². The second kappa shape index (κ2) is 11.6. The van der Waals surface area contributed by atoms with E-state index in [0.29, 0.717) is 31.9 Å². The number of anilines is 1. The van der Waals surface area contributed by atoms with Crippen molar-refractivity contribution in [2.75, 3.05) is 32.0 Å². The van der Waals surface area contributed by atoms with E-state index in [1.165, 1.54) is 0 Å². The van der Waals surface area contributed by atoms with Gasteiger partial charge < -0.3 is 26.0 Å². The minimum absolute atomic E-state index is 0.0589. The Morgan fingerprint density at radius 3 is 2.51 bits per heavy atom. The predicted molar refractivity (Wildman–Crippen MR) is 151 cm³/mol. The molecular weight excluding hydrogens is 496 g/mol. The van der Waals surface area contributed by atoms with Gasteiger partial charge in [0.2, 0.25) is 17.7 Å². The molecule has 1 aromatic carbocycles. The zero-order valence-corrected chi connectivity index (χ0v) is 23.8. The number of aliphatic hydroxyl groups excluding tert-OH is 1. The van der Waals surface area contributed by atoms with Gasteiger partial charge in [-0.3, -0.25) is 19.3 Å². The van der Waals surface area contributed by atoms with Crippen LogP contribution in [0, 0.1) is 11.3 Å². The molecule has 0 aliphatic carbocycles. The average Bonchev–Trinajstić information content (AvgIpc) is 3.46. The van der Waals surface area contributed by atoms with E-state index in [1.54, 1.807) is 31.9 Å². The summed E-state index contributed by atoms with van der Waals surface area (Å²) in [4.78, 5) is 49.0. The lowest BCUT2D eigenvalue weighted by Crippen LogP contribution is -2.59. The Kier molecular flexibility index (Phi) is 8.58. The number of carbonyl (C=O) groups excluding carboxylic acids is 3. The van der Waals surface area contributed by atoms with E-state index in [2.05, 4.69) is 25.8 Å². The van der Waals surface area contributed by atoms with E-state index in [9.17, 15) is 19.5 Å². The summed E-state index contributed by atoms with van der Waals surface area (Å²) in [5.74, 6) is -0.699. The number of likely N-dealkylation sites (tertiary alicyclic amines) is 2. The summed E-state index contributed by atoms with van der Waals surface area (Å²) in [6.07, 6.45) is 0.128. The summed E-state index contributed by atoms with van der Waals surface area (Å²) < 4.78 is 0. The molecule has 2 saturated heterocycles. The van der Waals surface area contributed by atoms with Crippen LogP contribution in [0.1, 0.15) is 41.0 Å². The van der Waals surface area contributed by atoms with Crippen LogP contribution < -0.4 is 16.0 Å². The van der Waals surface area contributed by atoms with Crippen LogP contribution in [0.3, 0.4) is 0 Å². The van der Waals surface area contributed by atoms with Gasteiger partial charge in [-0.05, 0) is 50.9 Å². The first-order chi connectivity index (χ1) is 18.4. The van der Waals surface area contributed by atoms with Gasteiger partial charge in [0.1, 0.15) is 11.9 Å². The van der Waals surface area contributed by atoms with Crippen molar-refractivity contribution in [3.63, 3.8) is 0 Å². The summed E-state index contributed by atoms with van der Waals surface area (Å²) in [5.41, 5.74) is 0.246. The summed E-state index contributed by atoms with van der Waals surface area (Å²) in [6.45, 7) is 10.6. The number of carbonyl (C=O) groups is 3. The van der Waals surface area contributed by atoms with Crippen molar-refractivity contribution in [1.82, 2.24) is 25.4 Å². The first-order valence-corrected chi connectivity index (χ1v) is 13.8. The number of nitrogens with zero attached hydrogens (tertiary/aromatic N) is 3. The number of rotatable bonds is 8. The fourth-order valence-electron chi connectivity index (χ4n) is 5.79. The zero-order valence-electron chi connectivity index (χ0n) is 23.8. The molecule has 10 nitrogen and oxygen atoms in total. The highest BCUT2D eigenvalue weighted by Crippen LogP contribution is 2.38. The number of β-amino-alcohol motifs (C(OH)–C–C–N with tert-alkyl or cyclic N) is 1. The zero-order chi connectivity index (χ0) is 28.5. The second-order valence-electron chi connectivity index (χ2n) is 12.0. The van der Waals surface area contributed by atoms with Crippen LogP contribution in [0.2, 0.25) is 0 Å². The molecule has 10 heteroatoms. The molecule has 2 aliphatic rings. The Bertz CT molecular complexity index is 1210. The van der Waals surface area contributed by atoms with Crippen LogP contribution in [0.25, 0.3) is 10.9 Å². The molecular formula is C29H42N6O4. The van der Waals surface area contributed by atoms with Crippen molar-refractivity contribution < 1.29 is 19.5 Å². The van der Waals surface area contributed by atoms with Crippen LogP contribution in [0.15, 0.2) is 36.4 Å². The number of pyridine rings is 1. The van der Waals surface area contributed by atoms with Crippen molar-refractivity contribution in [2.24, 2.45) is 11.3 Å². The van der Waals surface area contributed by atoms with E-state index in [-0.39, 0.29) is 29.8 Å². The minimum Gasteiger partial charge on any atom is -0.392 e. The topological polar surface area (TPSA) is 127 Å². The Morgan fingerprint density at radius 2 is 1.85 bits per heavy atom. The second-order valence-corrected chi connectivity index (χ2v) is 12.0. The molecule has 39 heavy (non-hydrogen) atoms. The number of hydrogen-bond donors (Lipinski definition) is 4. The molecule has 3 heterocycles. The van der Waals surface area contributed by atoms with Crippen molar-refractivity contribution in [1.29, 1.82) is 0 Å². The number of likely N-dealkylation sites (N-methyl/N-ethyl adjacent to an activating group) is 1. The third-order valence-corrected chi connectivity index (χ3v) is 7.93. The number of benzene rings is 1. The Hall–Kier alpha value is -3.08. The van der Waals surface area contributed by atoms with Gasteiger partial charge in [0.15, 0.2) is 0 Å². The number of aromatic nitrogens is 1. The molecule has 0 unspecified atom stereocenters. The Labute approximate surface area is 230 Å². The summed E-state index contributed by atoms with van der Waals surface area (Å²) in [5, 5.41) is 20.0. The van der Waals surface area contributed by atoms with Gasteiger partial charge in [-0.1, -0.05) is 39.0 Å². The van der Waals surface area contributed by atoms with Crippen LogP contribution >= 0.6 is 0 Å². The lowest BCUT2D eigenvalue weighted by atomic mass is 9.85. The lowest BCUT2D eigenvalue weighted by Gasteiger charge is -2.37. The number of fused-ring (bicyclic) bond motifs is 2. The van der Waals surface area contributed by atoms with E-state index < -0.39 is 29.5 Å². The molecule has 2 aromatic rings. The molecule has 4 rings (SSSR count). The predicted octanol–water partition coefficient (Wildman–Crippen LogP) is 1.59. The Balaban J connectivity index is 1.60. The fourth-order valence-corrected chi connectivity index (χ4v) is 5.79. The third kappa shape index (κ3) is 6.23. The van der Waals surface area contributed by atoms with E-state index in [0.717, 1.165) is 10.9 Å². The average molecular weight is 539 g/mol. The minimum atomic E-state index is -0.753. The normalized spacial score (nSPS) is 23.8. The first-order valence-electron chi connectivity index (χ1n) is 13.8. The summed E-state index contributed by atoms with van der Waals surface area (Å²) >= 11 is 0. The number of aliphatic hydroxyl groups is 1. The standard InChI is InChI=1S/C29H42N6O4/c1-17(36)15-34-16-20(27(38)32-23-12-11-19-9-7-8-10-21(19)31-23)24-22(34)13-14-35(24)28(39)25(29(3,4)5)33-26(37)18(2)30-6/h7-12,17-18,20,22,24-25,30,36H,13-16H2,1-6H3,(H,33,37)(H,31,32,38)/t17-,18+,20+,22-,24-,25-/m1/s1. The molecule has 2 aliphatic heterocycles. The smallest absolute Gasteiger partial charge is 0.246 e. The molecule has 0 bridgehead atoms. The van der Waals surface area contributed by atoms with E-state index >= 15 is 0 Å². The highest BCUT2D eigenvalue weighted by atomic mass is 16.3. The molecule has 1 aromatic heterocycles. The molecule has 4 N–H and O–H groups in total. The summed E-state index contributed by atoms with van der Waals surface area (Å²) in [7, 11) is 1.70. The van der Waals surface area contributed by atoms with Gasteiger partial charge >= 0.3 is 0 Å². The molecule has 0 spiro atoms. The molecule has 6 atom stereocenters. The van der Waals surface area contributed by atoms with Crippen molar-refractivity contribution in [3.05, 3.63) is 36.4 Å². The van der Waals surface area contributed by atoms with Gasteiger partial charge in [0.05, 0.1) is 29.6 Å². The fraction of sp³-hybridized carbons (Fsp3) is 0.586. The van der Waals surface area contributed by atoms with E-state index in [1.807, 2.05) is 51.1 Å². The monoisotopic (exact) mass is 538 g/mol. The first kappa shape index (κ1) is 28.9. The van der Waals surface area contributed by atoms with Crippen LogP contribution in [0.4, 0.5) is 5.82 Å². The summed E-state index contributed by atoms with van der Waals surface area (Å²) in [6, 6.07) is 9.77. The van der Waals surface area contributed by atoms with Gasteiger partial charge in [0, 0.05) is 31.1 Å². The quantitative estimate of drug-likeness (QED) is 0.402. The highest BCUT2D eigenvalue weighted by molar-refractivity contribution is 5.95. The van der Waals surface area contributed by atoms with Crippen molar-refractivity contribution >= 4 is 34.4 Å². The third-order valence-electron chi connectivity index (χ3n) is 7.93. The van der Waals surface area contributed by atoms with Crippen LogP contribution in [0.5, 0.6) is 0 Å². The van der Waals surface area contributed by atoms with E-state index in [4.69, 9.17) is 0 Å². The molecule has 212 valence electrons. The number of amides is 3. The van der Waals surface area contributed by atoms with Gasteiger partial charge in [-0.15, -0.1) is 0 Å². The molecule has 0 radical (unpaired) electrons. The molecule has 3 amide bonds. The SMILES string of the molecule is CN[C@@H](C)C(=O)N[C@H](C(=O)N1CC[C@@H]2[C@H]1[C@@H](C(=O)Nc1ccc3ccccc3n1)CN2C[C@@H](C)O)C(C)(C)C. The highest BCUT2D eigenvalue weighted by Gasteiger charge is 2.54.